The summed E-state index contributed by atoms with van der Waals surface area (Å²) in [6.45, 7) is 1.16. The quantitative estimate of drug-likeness (QED) is 0.623. The van der Waals surface area contributed by atoms with Crippen molar-refractivity contribution < 1.29 is 27.5 Å². The number of rotatable bonds is 9. The Labute approximate surface area is 170 Å². The van der Waals surface area contributed by atoms with E-state index in [1.54, 1.807) is 30.3 Å². The molecule has 2 aromatic rings. The number of hydrogen-bond acceptors (Lipinski definition) is 6. The second-order valence-electron chi connectivity index (χ2n) is 6.34. The van der Waals surface area contributed by atoms with E-state index in [0.717, 1.165) is 16.1 Å². The van der Waals surface area contributed by atoms with Crippen LogP contribution in [0.5, 0.6) is 11.5 Å². The molecule has 0 atom stereocenters. The number of anilines is 1. The summed E-state index contributed by atoms with van der Waals surface area (Å²) in [7, 11) is -0.692. The summed E-state index contributed by atoms with van der Waals surface area (Å²) < 4.78 is 35.8. The molecule has 2 aromatic carbocycles. The number of ether oxygens (including phenoxy) is 2. The van der Waals surface area contributed by atoms with Crippen molar-refractivity contribution in [1.82, 2.24) is 5.32 Å². The highest BCUT2D eigenvalue weighted by atomic mass is 32.2. The zero-order valence-electron chi connectivity index (χ0n) is 16.8. The molecule has 0 bridgehead atoms. The molecule has 0 aromatic heterocycles. The molecule has 0 aliphatic carbocycles. The number of nitrogens with zero attached hydrogens (tertiary/aromatic N) is 1. The van der Waals surface area contributed by atoms with Gasteiger partial charge in [-0.3, -0.25) is 13.9 Å². The van der Waals surface area contributed by atoms with Crippen LogP contribution in [0.2, 0.25) is 0 Å². The van der Waals surface area contributed by atoms with E-state index in [1.807, 2.05) is 0 Å². The maximum absolute atomic E-state index is 12.4. The zero-order valence-corrected chi connectivity index (χ0v) is 17.6. The number of carbonyl (C=O) groups is 2. The van der Waals surface area contributed by atoms with Crippen molar-refractivity contribution >= 4 is 27.4 Å². The van der Waals surface area contributed by atoms with E-state index in [9.17, 15) is 18.0 Å². The molecule has 1 amide bonds. The second kappa shape index (κ2) is 9.42. The summed E-state index contributed by atoms with van der Waals surface area (Å²) in [5, 5.41) is 2.69. The van der Waals surface area contributed by atoms with Gasteiger partial charge < -0.3 is 14.8 Å². The van der Waals surface area contributed by atoms with Crippen molar-refractivity contribution in [3.05, 3.63) is 53.6 Å². The van der Waals surface area contributed by atoms with Crippen LogP contribution < -0.4 is 19.1 Å². The van der Waals surface area contributed by atoms with Crippen molar-refractivity contribution in [2.24, 2.45) is 0 Å². The van der Waals surface area contributed by atoms with Crippen molar-refractivity contribution in [2.75, 3.05) is 31.3 Å². The molecule has 0 aliphatic rings. The average Bonchev–Trinajstić information content (AvgIpc) is 2.69. The van der Waals surface area contributed by atoms with Crippen molar-refractivity contribution in [3.8, 4) is 11.5 Å². The van der Waals surface area contributed by atoms with Crippen molar-refractivity contribution in [1.29, 1.82) is 0 Å². The Morgan fingerprint density at radius 1 is 1.03 bits per heavy atom. The van der Waals surface area contributed by atoms with Gasteiger partial charge in [-0.25, -0.2) is 8.42 Å². The molecule has 0 aliphatic heterocycles. The fourth-order valence-corrected chi connectivity index (χ4v) is 3.51. The van der Waals surface area contributed by atoms with Gasteiger partial charge in [0.15, 0.2) is 17.3 Å². The Balaban J connectivity index is 2.13. The molecule has 0 fully saturated rings. The van der Waals surface area contributed by atoms with E-state index in [4.69, 9.17) is 9.47 Å². The summed E-state index contributed by atoms with van der Waals surface area (Å²) in [4.78, 5) is 24.0. The van der Waals surface area contributed by atoms with E-state index in [1.165, 1.54) is 33.3 Å². The number of amides is 1. The van der Waals surface area contributed by atoms with E-state index in [0.29, 0.717) is 17.1 Å². The smallest absolute Gasteiger partial charge is 0.241 e. The van der Waals surface area contributed by atoms with Gasteiger partial charge in [0.05, 0.1) is 26.2 Å². The number of nitrogens with one attached hydrogen (secondary N) is 1. The molecule has 0 unspecified atom stereocenters. The highest BCUT2D eigenvalue weighted by Gasteiger charge is 2.21. The third-order valence-electron chi connectivity index (χ3n) is 4.17. The number of carbonyl (C=O) groups excluding carboxylic acids is 2. The molecular weight excluding hydrogens is 396 g/mol. The van der Waals surface area contributed by atoms with E-state index in [-0.39, 0.29) is 18.0 Å². The van der Waals surface area contributed by atoms with Crippen LogP contribution in [-0.2, 0) is 21.4 Å². The predicted octanol–water partition coefficient (Wildman–Crippen LogP) is 1.99. The standard InChI is InChI=1S/C20H24N2O6S/c1-14(23)16-6-5-7-17(11-16)22(29(4,25)26)13-20(24)21-12-15-8-9-18(27-2)19(10-15)28-3/h5-11H,12-13H2,1-4H3,(H,21,24). The van der Waals surface area contributed by atoms with Gasteiger partial charge in [0, 0.05) is 12.1 Å². The highest BCUT2D eigenvalue weighted by molar-refractivity contribution is 7.92. The van der Waals surface area contributed by atoms with Crippen LogP contribution in [-0.4, -0.2) is 47.1 Å². The summed E-state index contributed by atoms with van der Waals surface area (Å²) >= 11 is 0. The number of sulfonamides is 1. The minimum Gasteiger partial charge on any atom is -0.493 e. The van der Waals surface area contributed by atoms with Gasteiger partial charge in [0.1, 0.15) is 6.54 Å². The van der Waals surface area contributed by atoms with Gasteiger partial charge in [-0.2, -0.15) is 0 Å². The fourth-order valence-electron chi connectivity index (χ4n) is 2.66. The van der Waals surface area contributed by atoms with Crippen LogP contribution in [0.3, 0.4) is 0 Å². The third kappa shape index (κ3) is 5.95. The van der Waals surface area contributed by atoms with Gasteiger partial charge in [-0.1, -0.05) is 18.2 Å². The van der Waals surface area contributed by atoms with Gasteiger partial charge in [-0.05, 0) is 36.8 Å². The first kappa shape index (κ1) is 22.2. The molecule has 0 heterocycles. The number of ketones is 1. The minimum atomic E-state index is -3.73. The van der Waals surface area contributed by atoms with Crippen LogP contribution in [0, 0.1) is 0 Å². The summed E-state index contributed by atoms with van der Waals surface area (Å²) in [6.07, 6.45) is 1.01. The highest BCUT2D eigenvalue weighted by Crippen LogP contribution is 2.27. The largest absolute Gasteiger partial charge is 0.493 e. The fraction of sp³-hybridized carbons (Fsp3) is 0.300. The molecule has 2 rings (SSSR count). The number of methoxy groups -OCH3 is 2. The lowest BCUT2D eigenvalue weighted by Gasteiger charge is -2.22. The molecule has 0 saturated heterocycles. The molecule has 0 radical (unpaired) electrons. The maximum atomic E-state index is 12.4. The van der Waals surface area contributed by atoms with Gasteiger partial charge in [0.25, 0.3) is 0 Å². The first-order valence-corrected chi connectivity index (χ1v) is 10.6. The van der Waals surface area contributed by atoms with Gasteiger partial charge in [0.2, 0.25) is 15.9 Å². The van der Waals surface area contributed by atoms with Crippen LogP contribution in [0.25, 0.3) is 0 Å². The molecular formula is C20H24N2O6S. The molecule has 156 valence electrons. The Hall–Kier alpha value is -3.07. The van der Waals surface area contributed by atoms with Crippen LogP contribution >= 0.6 is 0 Å². The monoisotopic (exact) mass is 420 g/mol. The predicted molar refractivity (Wildman–Crippen MR) is 110 cm³/mol. The average molecular weight is 420 g/mol. The SMILES string of the molecule is COc1ccc(CNC(=O)CN(c2cccc(C(C)=O)c2)S(C)(=O)=O)cc1OC. The Morgan fingerprint density at radius 2 is 1.72 bits per heavy atom. The van der Waals surface area contributed by atoms with E-state index < -0.39 is 22.5 Å². The lowest BCUT2D eigenvalue weighted by Crippen LogP contribution is -2.40. The number of benzene rings is 2. The molecule has 29 heavy (non-hydrogen) atoms. The lowest BCUT2D eigenvalue weighted by atomic mass is 10.1. The van der Waals surface area contributed by atoms with E-state index in [2.05, 4.69) is 5.32 Å². The Bertz CT molecular complexity index is 1000. The summed E-state index contributed by atoms with van der Waals surface area (Å²) in [5.41, 5.74) is 1.38. The normalized spacial score (nSPS) is 10.9. The summed E-state index contributed by atoms with van der Waals surface area (Å²) in [6, 6.07) is 11.4. The molecule has 0 saturated carbocycles. The third-order valence-corrected chi connectivity index (χ3v) is 5.31. The van der Waals surface area contributed by atoms with E-state index >= 15 is 0 Å². The lowest BCUT2D eigenvalue weighted by molar-refractivity contribution is -0.119. The van der Waals surface area contributed by atoms with Crippen molar-refractivity contribution in [2.45, 2.75) is 13.5 Å². The molecule has 9 heteroatoms. The topological polar surface area (TPSA) is 102 Å². The van der Waals surface area contributed by atoms with Crippen LogP contribution in [0.4, 0.5) is 5.69 Å². The zero-order chi connectivity index (χ0) is 21.6. The second-order valence-corrected chi connectivity index (χ2v) is 8.25. The molecule has 0 spiro atoms. The number of Topliss-reactive ketones (excluding diaryl/α,β-unsaturated/α-hetero) is 1. The van der Waals surface area contributed by atoms with Crippen LogP contribution in [0.1, 0.15) is 22.8 Å². The molecule has 1 N–H and O–H groups in total. The Kier molecular flexibility index (Phi) is 7.22. The number of hydrogen-bond donors (Lipinski definition) is 1. The van der Waals surface area contributed by atoms with Gasteiger partial charge in [-0.15, -0.1) is 0 Å². The maximum Gasteiger partial charge on any atom is 0.241 e. The summed E-state index contributed by atoms with van der Waals surface area (Å²) in [5.74, 6) is 0.408. The Morgan fingerprint density at radius 3 is 2.31 bits per heavy atom. The first-order chi connectivity index (χ1) is 13.7. The minimum absolute atomic E-state index is 0.185. The molecule has 8 nitrogen and oxygen atoms in total. The van der Waals surface area contributed by atoms with Crippen molar-refractivity contribution in [3.63, 3.8) is 0 Å². The van der Waals surface area contributed by atoms with Gasteiger partial charge >= 0.3 is 0 Å². The van der Waals surface area contributed by atoms with Crippen LogP contribution in [0.15, 0.2) is 42.5 Å². The first-order valence-electron chi connectivity index (χ1n) is 8.72.